The van der Waals surface area contributed by atoms with Gasteiger partial charge in [-0.3, -0.25) is 4.79 Å². The molecule has 0 N–H and O–H groups in total. The molecule has 0 aliphatic heterocycles. The standard InChI is InChI=1S/C24H21ClF3NO4S/c1-16(30)18-8-11-23(33-2)19(12-18)15-29(14-17-6-4-3-5-7-17)34(31,32)20-9-10-22(25)21(13-20)24(26,27)28/h3-13H,14-15H2,1-2H3. The van der Waals surface area contributed by atoms with Crippen LogP contribution >= 0.6 is 11.6 Å². The fraction of sp³-hybridized carbons (Fsp3) is 0.208. The van der Waals surface area contributed by atoms with Crippen molar-refractivity contribution in [1.29, 1.82) is 0 Å². The molecule has 0 aliphatic rings. The summed E-state index contributed by atoms with van der Waals surface area (Å²) < 4.78 is 73.6. The van der Waals surface area contributed by atoms with E-state index in [0.29, 0.717) is 28.5 Å². The molecule has 0 aliphatic carbocycles. The number of ether oxygens (including phenoxy) is 1. The van der Waals surface area contributed by atoms with Gasteiger partial charge in [0.1, 0.15) is 5.75 Å². The summed E-state index contributed by atoms with van der Waals surface area (Å²) in [6.45, 7) is 1.00. The number of hydrogen-bond donors (Lipinski definition) is 0. The van der Waals surface area contributed by atoms with Crippen LogP contribution in [0.15, 0.2) is 71.6 Å². The predicted molar refractivity (Wildman–Crippen MR) is 122 cm³/mol. The predicted octanol–water partition coefficient (Wildman–Crippen LogP) is 5.96. The molecule has 3 rings (SSSR count). The van der Waals surface area contributed by atoms with Crippen LogP contribution in [0.1, 0.15) is 34.0 Å². The minimum Gasteiger partial charge on any atom is -0.496 e. The average Bonchev–Trinajstić information content (AvgIpc) is 2.78. The van der Waals surface area contributed by atoms with Gasteiger partial charge in [0, 0.05) is 24.2 Å². The van der Waals surface area contributed by atoms with Crippen molar-refractivity contribution in [2.45, 2.75) is 31.1 Å². The number of hydrogen-bond acceptors (Lipinski definition) is 4. The van der Waals surface area contributed by atoms with Crippen LogP contribution in [0.3, 0.4) is 0 Å². The quantitative estimate of drug-likeness (QED) is 0.350. The first-order chi connectivity index (χ1) is 15.9. The number of carbonyl (C=O) groups excluding carboxylic acids is 1. The van der Waals surface area contributed by atoms with Crippen LogP contribution in [0.4, 0.5) is 13.2 Å². The molecule has 180 valence electrons. The maximum Gasteiger partial charge on any atom is 0.417 e. The second-order valence-corrected chi connectivity index (χ2v) is 9.83. The highest BCUT2D eigenvalue weighted by molar-refractivity contribution is 7.89. The summed E-state index contributed by atoms with van der Waals surface area (Å²) >= 11 is 5.68. The summed E-state index contributed by atoms with van der Waals surface area (Å²) in [4.78, 5) is 11.3. The van der Waals surface area contributed by atoms with Gasteiger partial charge in [-0.05, 0) is 48.9 Å². The van der Waals surface area contributed by atoms with Crippen molar-refractivity contribution in [1.82, 2.24) is 4.31 Å². The van der Waals surface area contributed by atoms with Crippen molar-refractivity contribution in [3.8, 4) is 5.75 Å². The minimum absolute atomic E-state index is 0.124. The molecule has 0 spiro atoms. The van der Waals surface area contributed by atoms with Crippen LogP contribution in [-0.2, 0) is 29.3 Å². The maximum absolute atomic E-state index is 13.6. The average molecular weight is 512 g/mol. The third-order valence-electron chi connectivity index (χ3n) is 5.12. The van der Waals surface area contributed by atoms with Gasteiger partial charge in [0.2, 0.25) is 10.0 Å². The first-order valence-corrected chi connectivity index (χ1v) is 11.8. The number of nitrogens with zero attached hydrogens (tertiary/aromatic N) is 1. The molecule has 5 nitrogen and oxygen atoms in total. The molecule has 0 saturated carbocycles. The number of benzene rings is 3. The van der Waals surface area contributed by atoms with Gasteiger partial charge in [0.05, 0.1) is 22.6 Å². The lowest BCUT2D eigenvalue weighted by Crippen LogP contribution is -2.31. The highest BCUT2D eigenvalue weighted by Crippen LogP contribution is 2.37. The Labute approximate surface area is 200 Å². The number of rotatable bonds is 8. The van der Waals surface area contributed by atoms with E-state index in [0.717, 1.165) is 16.4 Å². The van der Waals surface area contributed by atoms with E-state index in [1.807, 2.05) is 0 Å². The van der Waals surface area contributed by atoms with Crippen LogP contribution in [0.25, 0.3) is 0 Å². The number of sulfonamides is 1. The molecular formula is C24H21ClF3NO4S. The second-order valence-electron chi connectivity index (χ2n) is 7.48. The third-order valence-corrected chi connectivity index (χ3v) is 7.23. The van der Waals surface area contributed by atoms with Crippen molar-refractivity contribution < 1.29 is 31.1 Å². The normalized spacial score (nSPS) is 12.1. The lowest BCUT2D eigenvalue weighted by atomic mass is 10.1. The van der Waals surface area contributed by atoms with E-state index in [4.69, 9.17) is 16.3 Å². The molecule has 0 unspecified atom stereocenters. The van der Waals surface area contributed by atoms with Gasteiger partial charge in [-0.2, -0.15) is 17.5 Å². The van der Waals surface area contributed by atoms with Gasteiger partial charge in [-0.15, -0.1) is 0 Å². The van der Waals surface area contributed by atoms with Crippen molar-refractivity contribution >= 4 is 27.4 Å². The Bertz CT molecular complexity index is 1300. The fourth-order valence-corrected chi connectivity index (χ4v) is 5.01. The van der Waals surface area contributed by atoms with Crippen molar-refractivity contribution in [2.24, 2.45) is 0 Å². The maximum atomic E-state index is 13.6. The Morgan fingerprint density at radius 3 is 2.26 bits per heavy atom. The number of halogens is 4. The number of carbonyl (C=O) groups is 1. The molecule has 0 bridgehead atoms. The first-order valence-electron chi connectivity index (χ1n) is 10.0. The van der Waals surface area contributed by atoms with Crippen LogP contribution in [-0.4, -0.2) is 25.6 Å². The van der Waals surface area contributed by atoms with Crippen molar-refractivity contribution in [3.05, 3.63) is 94.0 Å². The van der Waals surface area contributed by atoms with E-state index in [1.165, 1.54) is 20.1 Å². The van der Waals surface area contributed by atoms with Crippen LogP contribution in [0, 0.1) is 0 Å². The summed E-state index contributed by atoms with van der Waals surface area (Å²) in [5.74, 6) is 0.110. The number of ketones is 1. The summed E-state index contributed by atoms with van der Waals surface area (Å²) in [5.41, 5.74) is 0.113. The van der Waals surface area contributed by atoms with Crippen molar-refractivity contribution in [2.75, 3.05) is 7.11 Å². The number of alkyl halides is 3. The summed E-state index contributed by atoms with van der Waals surface area (Å²) in [6.07, 6.45) is -4.83. The lowest BCUT2D eigenvalue weighted by Gasteiger charge is -2.24. The lowest BCUT2D eigenvalue weighted by molar-refractivity contribution is -0.137. The molecule has 0 saturated heterocycles. The zero-order chi connectivity index (χ0) is 25.1. The van der Waals surface area contributed by atoms with E-state index in [9.17, 15) is 26.4 Å². The largest absolute Gasteiger partial charge is 0.496 e. The second kappa shape index (κ2) is 10.2. The highest BCUT2D eigenvalue weighted by Gasteiger charge is 2.36. The zero-order valence-corrected chi connectivity index (χ0v) is 19.8. The SMILES string of the molecule is COc1ccc(C(C)=O)cc1CN(Cc1ccccc1)S(=O)(=O)c1ccc(Cl)c(C(F)(F)F)c1. The van der Waals surface area contributed by atoms with Crippen LogP contribution < -0.4 is 4.74 Å². The summed E-state index contributed by atoms with van der Waals surface area (Å²) in [6, 6.07) is 15.7. The van der Waals surface area contributed by atoms with Gasteiger partial charge >= 0.3 is 6.18 Å². The third kappa shape index (κ3) is 5.78. The molecule has 34 heavy (non-hydrogen) atoms. The molecule has 0 amide bonds. The van der Waals surface area contributed by atoms with E-state index in [2.05, 4.69) is 0 Å². The number of Topliss-reactive ketones (excluding diaryl/α,β-unsaturated/α-hetero) is 1. The molecular weight excluding hydrogens is 491 g/mol. The van der Waals surface area contributed by atoms with Gasteiger partial charge < -0.3 is 4.74 Å². The van der Waals surface area contributed by atoms with Gasteiger partial charge in [0.15, 0.2) is 5.78 Å². The Balaban J connectivity index is 2.12. The highest BCUT2D eigenvalue weighted by atomic mass is 35.5. The molecule has 0 radical (unpaired) electrons. The van der Waals surface area contributed by atoms with E-state index in [1.54, 1.807) is 42.5 Å². The molecule has 0 heterocycles. The Morgan fingerprint density at radius 1 is 1.00 bits per heavy atom. The van der Waals surface area contributed by atoms with Crippen molar-refractivity contribution in [3.63, 3.8) is 0 Å². The zero-order valence-electron chi connectivity index (χ0n) is 18.3. The van der Waals surface area contributed by atoms with Crippen LogP contribution in [0.2, 0.25) is 5.02 Å². The minimum atomic E-state index is -4.83. The number of methoxy groups -OCH3 is 1. The monoisotopic (exact) mass is 511 g/mol. The van der Waals surface area contributed by atoms with E-state index >= 15 is 0 Å². The first kappa shape index (κ1) is 25.7. The topological polar surface area (TPSA) is 63.7 Å². The Morgan fingerprint density at radius 2 is 1.68 bits per heavy atom. The van der Waals surface area contributed by atoms with E-state index in [-0.39, 0.29) is 18.9 Å². The van der Waals surface area contributed by atoms with Gasteiger partial charge in [-0.25, -0.2) is 8.42 Å². The van der Waals surface area contributed by atoms with Gasteiger partial charge in [-0.1, -0.05) is 41.9 Å². The van der Waals surface area contributed by atoms with Gasteiger partial charge in [0.25, 0.3) is 0 Å². The molecule has 3 aromatic rings. The smallest absolute Gasteiger partial charge is 0.417 e. The fourth-order valence-electron chi connectivity index (χ4n) is 3.36. The molecule has 3 aromatic carbocycles. The Kier molecular flexibility index (Phi) is 7.70. The molecule has 0 atom stereocenters. The summed E-state index contributed by atoms with van der Waals surface area (Å²) in [5, 5.41) is -0.600. The molecule has 0 aromatic heterocycles. The molecule has 10 heteroatoms. The summed E-state index contributed by atoms with van der Waals surface area (Å²) in [7, 11) is -3.02. The van der Waals surface area contributed by atoms with Crippen LogP contribution in [0.5, 0.6) is 5.75 Å². The molecule has 0 fully saturated rings. The van der Waals surface area contributed by atoms with E-state index < -0.39 is 31.7 Å². The Hall–Kier alpha value is -2.88.